The van der Waals surface area contributed by atoms with E-state index in [2.05, 4.69) is 41.7 Å². The second-order valence-electron chi connectivity index (χ2n) is 4.91. The number of urea groups is 1. The third-order valence-electron chi connectivity index (χ3n) is 3.11. The molecule has 23 heavy (non-hydrogen) atoms. The van der Waals surface area contributed by atoms with Gasteiger partial charge in [0.1, 0.15) is 5.75 Å². The molecule has 2 aromatic rings. The van der Waals surface area contributed by atoms with Gasteiger partial charge in [0, 0.05) is 16.2 Å². The average Bonchev–Trinajstić information content (AvgIpc) is 2.54. The third-order valence-corrected chi connectivity index (χ3v) is 4.17. The van der Waals surface area contributed by atoms with Crippen LogP contribution in [0.15, 0.2) is 52.5 Å². The van der Waals surface area contributed by atoms with Crippen LogP contribution in [0.5, 0.6) is 5.75 Å². The quantitative estimate of drug-likeness (QED) is 0.485. The zero-order chi connectivity index (χ0) is 16.7. The molecule has 0 aliphatic heterocycles. The lowest BCUT2D eigenvalue weighted by molar-refractivity contribution is 0.249. The third kappa shape index (κ3) is 5.34. The van der Waals surface area contributed by atoms with Crippen molar-refractivity contribution in [3.8, 4) is 5.75 Å². The van der Waals surface area contributed by atoms with Gasteiger partial charge in [-0.25, -0.2) is 10.2 Å². The van der Waals surface area contributed by atoms with E-state index in [4.69, 9.17) is 10.5 Å². The fourth-order valence-electron chi connectivity index (χ4n) is 1.96. The van der Waals surface area contributed by atoms with Crippen molar-refractivity contribution in [1.29, 1.82) is 0 Å². The predicted molar refractivity (Wildman–Crippen MR) is 94.0 cm³/mol. The fourth-order valence-corrected chi connectivity index (χ4v) is 2.83. The molecular formula is C17H19N3O2S. The van der Waals surface area contributed by atoms with Gasteiger partial charge >= 0.3 is 6.03 Å². The van der Waals surface area contributed by atoms with E-state index >= 15 is 0 Å². The molecule has 0 aliphatic rings. The SMILES string of the molecule is COc1ccc(C=NNC(N)=O)cc1CSc1ccc(C)cc1. The van der Waals surface area contributed by atoms with Gasteiger partial charge in [-0.1, -0.05) is 17.7 Å². The Balaban J connectivity index is 2.10. The summed E-state index contributed by atoms with van der Waals surface area (Å²) in [6.45, 7) is 2.07. The zero-order valence-corrected chi connectivity index (χ0v) is 13.9. The Hall–Kier alpha value is -2.47. The number of nitrogens with one attached hydrogen (secondary N) is 1. The molecule has 0 saturated carbocycles. The van der Waals surface area contributed by atoms with Crippen molar-refractivity contribution < 1.29 is 9.53 Å². The maximum atomic E-state index is 10.6. The number of aryl methyl sites for hydroxylation is 1. The number of nitrogens with zero attached hydrogens (tertiary/aromatic N) is 1. The smallest absolute Gasteiger partial charge is 0.332 e. The van der Waals surface area contributed by atoms with Crippen LogP contribution >= 0.6 is 11.8 Å². The van der Waals surface area contributed by atoms with E-state index in [-0.39, 0.29) is 0 Å². The van der Waals surface area contributed by atoms with E-state index < -0.39 is 6.03 Å². The monoisotopic (exact) mass is 329 g/mol. The molecule has 0 aromatic heterocycles. The van der Waals surface area contributed by atoms with Crippen molar-refractivity contribution in [2.75, 3.05) is 7.11 Å². The number of amides is 2. The number of benzene rings is 2. The van der Waals surface area contributed by atoms with Crippen LogP contribution < -0.4 is 15.9 Å². The summed E-state index contributed by atoms with van der Waals surface area (Å²) in [5.41, 5.74) is 10.3. The Kier molecular flexibility index (Phi) is 6.05. The molecule has 0 fully saturated rings. The molecule has 0 atom stereocenters. The van der Waals surface area contributed by atoms with E-state index in [1.807, 2.05) is 18.2 Å². The van der Waals surface area contributed by atoms with Gasteiger partial charge in [-0.15, -0.1) is 11.8 Å². The number of rotatable bonds is 6. The summed E-state index contributed by atoms with van der Waals surface area (Å²) in [4.78, 5) is 11.8. The number of methoxy groups -OCH3 is 1. The topological polar surface area (TPSA) is 76.7 Å². The van der Waals surface area contributed by atoms with Gasteiger partial charge in [-0.05, 0) is 42.8 Å². The van der Waals surface area contributed by atoms with Gasteiger partial charge in [-0.2, -0.15) is 5.10 Å². The summed E-state index contributed by atoms with van der Waals surface area (Å²) in [7, 11) is 1.65. The molecule has 5 nitrogen and oxygen atoms in total. The molecule has 2 aromatic carbocycles. The van der Waals surface area contributed by atoms with Crippen LogP contribution in [0.25, 0.3) is 0 Å². The van der Waals surface area contributed by atoms with E-state index in [0.29, 0.717) is 0 Å². The van der Waals surface area contributed by atoms with Crippen molar-refractivity contribution in [1.82, 2.24) is 5.43 Å². The highest BCUT2D eigenvalue weighted by Gasteiger charge is 2.05. The van der Waals surface area contributed by atoms with Crippen LogP contribution in [0.4, 0.5) is 4.79 Å². The Morgan fingerprint density at radius 2 is 2.04 bits per heavy atom. The van der Waals surface area contributed by atoms with Gasteiger partial charge < -0.3 is 10.5 Å². The Bertz CT molecular complexity index is 699. The minimum absolute atomic E-state index is 0.690. The summed E-state index contributed by atoms with van der Waals surface area (Å²) >= 11 is 1.73. The maximum absolute atomic E-state index is 10.6. The first-order valence-corrected chi connectivity index (χ1v) is 8.02. The molecule has 0 aliphatic carbocycles. The van der Waals surface area contributed by atoms with E-state index in [1.54, 1.807) is 25.1 Å². The Morgan fingerprint density at radius 1 is 1.30 bits per heavy atom. The second-order valence-corrected chi connectivity index (χ2v) is 5.96. The lowest BCUT2D eigenvalue weighted by Crippen LogP contribution is -2.24. The van der Waals surface area contributed by atoms with Crippen LogP contribution in [-0.4, -0.2) is 19.4 Å². The molecule has 0 heterocycles. The molecule has 120 valence electrons. The Morgan fingerprint density at radius 3 is 2.70 bits per heavy atom. The minimum atomic E-state index is -0.690. The average molecular weight is 329 g/mol. The number of hydrazone groups is 1. The summed E-state index contributed by atoms with van der Waals surface area (Å²) in [5.74, 6) is 1.60. The normalized spacial score (nSPS) is 10.7. The van der Waals surface area contributed by atoms with Gasteiger partial charge in [0.05, 0.1) is 13.3 Å². The molecule has 2 rings (SSSR count). The van der Waals surface area contributed by atoms with Crippen molar-refractivity contribution >= 4 is 24.0 Å². The second kappa shape index (κ2) is 8.24. The highest BCUT2D eigenvalue weighted by atomic mass is 32.2. The molecule has 0 unspecified atom stereocenters. The number of nitrogens with two attached hydrogens (primary N) is 1. The van der Waals surface area contributed by atoms with Gasteiger partial charge in [-0.3, -0.25) is 0 Å². The number of carbonyl (C=O) groups is 1. The molecule has 0 bridgehead atoms. The highest BCUT2D eigenvalue weighted by Crippen LogP contribution is 2.28. The van der Waals surface area contributed by atoms with Gasteiger partial charge in [0.25, 0.3) is 0 Å². The van der Waals surface area contributed by atoms with Crippen LogP contribution in [0, 0.1) is 6.92 Å². The standard InChI is InChI=1S/C17H19N3O2S/c1-12-3-6-15(7-4-12)23-11-14-9-13(5-8-16(14)22-2)10-19-20-17(18)21/h3-10H,11H2,1-2H3,(H3,18,20,21). The molecule has 6 heteroatoms. The van der Waals surface area contributed by atoms with Crippen LogP contribution in [0.2, 0.25) is 0 Å². The van der Waals surface area contributed by atoms with Crippen molar-refractivity contribution in [2.24, 2.45) is 10.8 Å². The molecule has 0 spiro atoms. The zero-order valence-electron chi connectivity index (χ0n) is 13.1. The number of ether oxygens (including phenoxy) is 1. The van der Waals surface area contributed by atoms with Crippen molar-refractivity contribution in [2.45, 2.75) is 17.6 Å². The molecule has 2 amide bonds. The molecular weight excluding hydrogens is 310 g/mol. The number of hydrogen-bond acceptors (Lipinski definition) is 4. The van der Waals surface area contributed by atoms with Crippen LogP contribution in [-0.2, 0) is 5.75 Å². The number of hydrogen-bond donors (Lipinski definition) is 2. The minimum Gasteiger partial charge on any atom is -0.496 e. The lowest BCUT2D eigenvalue weighted by Gasteiger charge is -2.09. The predicted octanol–water partition coefficient (Wildman–Crippen LogP) is 3.30. The first-order valence-electron chi connectivity index (χ1n) is 7.03. The largest absolute Gasteiger partial charge is 0.496 e. The van der Waals surface area contributed by atoms with Crippen LogP contribution in [0.3, 0.4) is 0 Å². The van der Waals surface area contributed by atoms with Gasteiger partial charge in [0.15, 0.2) is 0 Å². The molecule has 0 saturated heterocycles. The molecule has 0 radical (unpaired) electrons. The lowest BCUT2D eigenvalue weighted by atomic mass is 10.1. The summed E-state index contributed by atoms with van der Waals surface area (Å²) in [5, 5.41) is 3.77. The summed E-state index contributed by atoms with van der Waals surface area (Å²) in [6, 6.07) is 13.4. The highest BCUT2D eigenvalue weighted by molar-refractivity contribution is 7.98. The van der Waals surface area contributed by atoms with E-state index in [0.717, 1.165) is 22.6 Å². The summed E-state index contributed by atoms with van der Waals surface area (Å²) in [6.07, 6.45) is 1.55. The number of carbonyl (C=O) groups excluding carboxylic acids is 1. The van der Waals surface area contributed by atoms with E-state index in [1.165, 1.54) is 10.5 Å². The Labute approximate surface area is 139 Å². The first-order chi connectivity index (χ1) is 11.1. The van der Waals surface area contributed by atoms with Gasteiger partial charge in [0.2, 0.25) is 0 Å². The van der Waals surface area contributed by atoms with Crippen LogP contribution in [0.1, 0.15) is 16.7 Å². The number of thioether (sulfide) groups is 1. The molecule has 3 N–H and O–H groups in total. The summed E-state index contributed by atoms with van der Waals surface area (Å²) < 4.78 is 5.40. The maximum Gasteiger partial charge on any atom is 0.332 e. The number of primary amides is 1. The fraction of sp³-hybridized carbons (Fsp3) is 0.176. The van der Waals surface area contributed by atoms with E-state index in [9.17, 15) is 4.79 Å². The first kappa shape index (κ1) is 16.9. The van der Waals surface area contributed by atoms with Crippen molar-refractivity contribution in [3.63, 3.8) is 0 Å². The van der Waals surface area contributed by atoms with Crippen molar-refractivity contribution in [3.05, 3.63) is 59.2 Å².